The zero-order valence-corrected chi connectivity index (χ0v) is 39.5. The topological polar surface area (TPSA) is 6.48 Å². The summed E-state index contributed by atoms with van der Waals surface area (Å²) in [5.41, 5.74) is 20.9. The van der Waals surface area contributed by atoms with Crippen molar-refractivity contribution in [2.24, 2.45) is 0 Å². The van der Waals surface area contributed by atoms with E-state index in [1.165, 1.54) is 116 Å². The summed E-state index contributed by atoms with van der Waals surface area (Å²) < 4.78 is 0. The van der Waals surface area contributed by atoms with Gasteiger partial charge in [-0.1, -0.05) is 249 Å². The lowest BCUT2D eigenvalue weighted by atomic mass is 9.33. The number of hydrogen-bond donors (Lipinski definition) is 0. The van der Waals surface area contributed by atoms with Gasteiger partial charge in [-0.15, -0.1) is 0 Å². The zero-order valence-electron chi connectivity index (χ0n) is 38.5. The number of para-hydroxylation sites is 2. The van der Waals surface area contributed by atoms with E-state index in [9.17, 15) is 0 Å². The van der Waals surface area contributed by atoms with Gasteiger partial charge in [0.05, 0.1) is 11.4 Å². The van der Waals surface area contributed by atoms with E-state index < -0.39 is 8.07 Å². The van der Waals surface area contributed by atoms with E-state index >= 15 is 0 Å². The van der Waals surface area contributed by atoms with Crippen LogP contribution in [0.4, 0.5) is 34.1 Å². The maximum atomic E-state index is 2.66. The van der Waals surface area contributed by atoms with Crippen molar-refractivity contribution in [1.29, 1.82) is 0 Å². The van der Waals surface area contributed by atoms with E-state index in [1.54, 1.807) is 0 Å². The monoisotopic (exact) mass is 904 g/mol. The highest BCUT2D eigenvalue weighted by Gasteiger charge is 2.56. The molecule has 0 atom stereocenters. The fraction of sp³-hybridized carbons (Fsp3) is 0. The van der Waals surface area contributed by atoms with Crippen LogP contribution in [0.25, 0.3) is 44.5 Å². The quantitative estimate of drug-likeness (QED) is 0.140. The molecule has 0 aliphatic carbocycles. The van der Waals surface area contributed by atoms with E-state index in [2.05, 4.69) is 283 Å². The Morgan fingerprint density at radius 3 is 0.843 bits per heavy atom. The van der Waals surface area contributed by atoms with Crippen molar-refractivity contribution in [2.75, 3.05) is 9.80 Å². The van der Waals surface area contributed by atoms with Crippen molar-refractivity contribution in [3.05, 3.63) is 273 Å². The molecule has 4 heteroatoms. The molecule has 0 N–H and O–H groups in total. The van der Waals surface area contributed by atoms with Crippen LogP contribution in [0.5, 0.6) is 0 Å². The highest BCUT2D eigenvalue weighted by Crippen LogP contribution is 2.52. The number of nitrogens with zero attached hydrogens (tertiary/aromatic N) is 2. The van der Waals surface area contributed by atoms with Gasteiger partial charge in [0.15, 0.2) is 8.07 Å². The molecule has 70 heavy (non-hydrogen) atoms. The first-order valence-corrected chi connectivity index (χ1v) is 26.4. The van der Waals surface area contributed by atoms with Crippen LogP contribution in [0.3, 0.4) is 0 Å². The average Bonchev–Trinajstić information content (AvgIpc) is 3.45. The minimum absolute atomic E-state index is 0.0303. The van der Waals surface area contributed by atoms with Crippen molar-refractivity contribution in [1.82, 2.24) is 0 Å². The molecule has 0 amide bonds. The Hall–Kier alpha value is -8.70. The second-order valence-corrected chi connectivity index (χ2v) is 22.4. The predicted octanol–water partition coefficient (Wildman–Crippen LogP) is 12.1. The van der Waals surface area contributed by atoms with Crippen LogP contribution < -0.4 is 46.9 Å². The van der Waals surface area contributed by atoms with Gasteiger partial charge >= 0.3 is 0 Å². The standard InChI is InChI=1S/C66H45BN2Si/c1-7-24-46(25-8-1)52-36-19-37-53(47-26-9-2-10-27-47)65(52)68-56-40-21-41-57-62(56)67-63-58(68)42-22-44-60(63)70(50-32-15-5-16-33-50,51-34-17-6-18-35-51)61-45-23-43-59(64(61)67)69(57)66-54(48-28-11-3-12-29-48)38-20-39-55(66)49-30-13-4-14-31-49/h1-45H. The van der Waals surface area contributed by atoms with Crippen LogP contribution in [0.15, 0.2) is 273 Å². The summed E-state index contributed by atoms with van der Waals surface area (Å²) in [4.78, 5) is 5.32. The number of anilines is 6. The average molecular weight is 905 g/mol. The van der Waals surface area contributed by atoms with Crippen LogP contribution in [-0.2, 0) is 0 Å². The molecule has 3 heterocycles. The molecule has 0 saturated carbocycles. The molecule has 0 bridgehead atoms. The number of benzene rings is 11. The third-order valence-corrected chi connectivity index (χ3v) is 20.0. The fourth-order valence-electron chi connectivity index (χ4n) is 12.4. The molecule has 11 aromatic carbocycles. The zero-order chi connectivity index (χ0) is 46.2. The van der Waals surface area contributed by atoms with Gasteiger partial charge in [0.25, 0.3) is 6.71 Å². The van der Waals surface area contributed by atoms with Gasteiger partial charge < -0.3 is 9.80 Å². The number of rotatable bonds is 8. The van der Waals surface area contributed by atoms with Gasteiger partial charge in [0.2, 0.25) is 0 Å². The lowest BCUT2D eigenvalue weighted by molar-refractivity contribution is 1.25. The van der Waals surface area contributed by atoms with Crippen LogP contribution in [0.1, 0.15) is 0 Å². The van der Waals surface area contributed by atoms with Crippen molar-refractivity contribution in [3.8, 4) is 44.5 Å². The normalized spacial score (nSPS) is 13.5. The van der Waals surface area contributed by atoms with Gasteiger partial charge in [-0.25, -0.2) is 0 Å². The van der Waals surface area contributed by atoms with Gasteiger partial charge in [-0.05, 0) is 83.7 Å². The van der Waals surface area contributed by atoms with Gasteiger partial charge in [-0.2, -0.15) is 0 Å². The largest absolute Gasteiger partial charge is 0.310 e. The molecule has 3 aliphatic heterocycles. The Kier molecular flexibility index (Phi) is 9.36. The van der Waals surface area contributed by atoms with Crippen molar-refractivity contribution < 1.29 is 0 Å². The molecular weight excluding hydrogens is 860 g/mol. The lowest BCUT2D eigenvalue weighted by Crippen LogP contribution is -2.88. The Labute approximate surface area is 411 Å². The smallest absolute Gasteiger partial charge is 0.251 e. The Morgan fingerprint density at radius 2 is 0.514 bits per heavy atom. The van der Waals surface area contributed by atoms with Gasteiger partial charge in [-0.3, -0.25) is 0 Å². The van der Waals surface area contributed by atoms with Crippen LogP contribution in [-0.4, -0.2) is 14.8 Å². The Balaban J connectivity index is 1.18. The molecule has 3 aliphatic rings. The molecule has 326 valence electrons. The summed E-state index contributed by atoms with van der Waals surface area (Å²) in [5, 5.41) is 5.66. The minimum atomic E-state index is -3.08. The third-order valence-electron chi connectivity index (χ3n) is 15.1. The van der Waals surface area contributed by atoms with Gasteiger partial charge in [0.1, 0.15) is 0 Å². The summed E-state index contributed by atoms with van der Waals surface area (Å²) in [6, 6.07) is 102. The van der Waals surface area contributed by atoms with Crippen LogP contribution >= 0.6 is 0 Å². The molecule has 0 radical (unpaired) electrons. The molecule has 0 aromatic heterocycles. The third kappa shape index (κ3) is 5.87. The Morgan fingerprint density at radius 1 is 0.243 bits per heavy atom. The maximum absolute atomic E-state index is 3.08. The molecule has 0 saturated heterocycles. The summed E-state index contributed by atoms with van der Waals surface area (Å²) in [6.45, 7) is -0.0303. The molecular formula is C66H45BN2Si. The molecule has 11 aromatic rings. The van der Waals surface area contributed by atoms with Crippen molar-refractivity contribution >= 4 is 86.0 Å². The highest BCUT2D eigenvalue weighted by molar-refractivity contribution is 7.27. The Bertz CT molecular complexity index is 3410. The first-order valence-electron chi connectivity index (χ1n) is 24.4. The SMILES string of the molecule is c1ccc(-c2cccc(-c3ccccc3)c2N2c3cccc4c3B3c5c2cccc5[Si](c2ccccc2)(c2ccccc2)c2cccc(c23)N4c2c(-c3ccccc3)cccc2-c2ccccc2)cc1. The summed E-state index contributed by atoms with van der Waals surface area (Å²) in [5.74, 6) is 0. The highest BCUT2D eigenvalue weighted by atomic mass is 28.3. The van der Waals surface area contributed by atoms with E-state index in [0.29, 0.717) is 0 Å². The van der Waals surface area contributed by atoms with E-state index in [0.717, 1.165) is 0 Å². The molecule has 14 rings (SSSR count). The van der Waals surface area contributed by atoms with Crippen molar-refractivity contribution in [2.45, 2.75) is 0 Å². The minimum Gasteiger partial charge on any atom is -0.310 e. The summed E-state index contributed by atoms with van der Waals surface area (Å²) in [6.07, 6.45) is 0. The van der Waals surface area contributed by atoms with Gasteiger partial charge in [0, 0.05) is 45.0 Å². The predicted molar refractivity (Wildman–Crippen MR) is 299 cm³/mol. The summed E-state index contributed by atoms with van der Waals surface area (Å²) in [7, 11) is -3.08. The van der Waals surface area contributed by atoms with Crippen LogP contribution in [0.2, 0.25) is 0 Å². The van der Waals surface area contributed by atoms with E-state index in [4.69, 9.17) is 0 Å². The fourth-order valence-corrected chi connectivity index (χ4v) is 17.7. The lowest BCUT2D eigenvalue weighted by Gasteiger charge is -2.52. The van der Waals surface area contributed by atoms with E-state index in [1.807, 2.05) is 0 Å². The molecule has 2 nitrogen and oxygen atoms in total. The van der Waals surface area contributed by atoms with Crippen LogP contribution in [0, 0.1) is 0 Å². The molecule has 0 unspecified atom stereocenters. The second-order valence-electron chi connectivity index (χ2n) is 18.6. The molecule has 0 fully saturated rings. The maximum Gasteiger partial charge on any atom is 0.251 e. The first kappa shape index (κ1) is 40.4. The first-order chi connectivity index (χ1) is 34.8. The van der Waals surface area contributed by atoms with Crippen molar-refractivity contribution in [3.63, 3.8) is 0 Å². The van der Waals surface area contributed by atoms with E-state index in [-0.39, 0.29) is 6.71 Å². The number of hydrogen-bond acceptors (Lipinski definition) is 2. The molecule has 0 spiro atoms. The summed E-state index contributed by atoms with van der Waals surface area (Å²) >= 11 is 0. The second kappa shape index (κ2) is 16.2.